The summed E-state index contributed by atoms with van der Waals surface area (Å²) >= 11 is 5.94. The molecule has 1 aliphatic rings. The molecule has 2 rings (SSSR count). The third kappa shape index (κ3) is 3.07. The molecule has 1 aromatic rings. The Bertz CT molecular complexity index is 486. The molecular weight excluding hydrogens is 264 g/mol. The highest BCUT2D eigenvalue weighted by molar-refractivity contribution is 6.30. The van der Waals surface area contributed by atoms with Gasteiger partial charge in [0.1, 0.15) is 6.17 Å². The van der Waals surface area contributed by atoms with Crippen LogP contribution >= 0.6 is 11.6 Å². The average Bonchev–Trinajstić information content (AvgIpc) is 2.66. The minimum absolute atomic E-state index is 0.113. The minimum atomic E-state index is -0.332. The number of rotatable bonds is 4. The summed E-state index contributed by atoms with van der Waals surface area (Å²) in [6.45, 7) is 3.95. The van der Waals surface area contributed by atoms with Gasteiger partial charge in [0.15, 0.2) is 0 Å². The lowest BCUT2D eigenvalue weighted by atomic mass is 10.1. The van der Waals surface area contributed by atoms with Crippen LogP contribution < -0.4 is 5.32 Å². The fourth-order valence-corrected chi connectivity index (χ4v) is 2.37. The number of anilines is 1. The van der Waals surface area contributed by atoms with Gasteiger partial charge in [-0.05, 0) is 24.1 Å². The van der Waals surface area contributed by atoms with Gasteiger partial charge < -0.3 is 5.32 Å². The van der Waals surface area contributed by atoms with Crippen LogP contribution in [0.5, 0.6) is 0 Å². The molecule has 0 spiro atoms. The molecule has 1 N–H and O–H groups in total. The molecule has 0 radical (unpaired) electrons. The Morgan fingerprint density at radius 1 is 1.21 bits per heavy atom. The number of hydrogen-bond donors (Lipinski definition) is 1. The number of hydrogen-bond acceptors (Lipinski definition) is 3. The van der Waals surface area contributed by atoms with Gasteiger partial charge in [0, 0.05) is 23.6 Å². The molecule has 0 aliphatic carbocycles. The predicted molar refractivity (Wildman–Crippen MR) is 74.8 cm³/mol. The van der Waals surface area contributed by atoms with E-state index in [0.717, 1.165) is 5.69 Å². The van der Waals surface area contributed by atoms with E-state index in [-0.39, 0.29) is 23.9 Å². The molecule has 1 heterocycles. The van der Waals surface area contributed by atoms with E-state index >= 15 is 0 Å². The van der Waals surface area contributed by atoms with Crippen molar-refractivity contribution in [2.24, 2.45) is 5.92 Å². The average molecular weight is 281 g/mol. The minimum Gasteiger partial charge on any atom is -0.364 e. The van der Waals surface area contributed by atoms with Crippen LogP contribution in [0.2, 0.25) is 5.02 Å². The molecule has 19 heavy (non-hydrogen) atoms. The molecule has 1 fully saturated rings. The summed E-state index contributed by atoms with van der Waals surface area (Å²) in [5, 5.41) is 3.84. The molecule has 4 nitrogen and oxygen atoms in total. The van der Waals surface area contributed by atoms with Crippen LogP contribution in [0.4, 0.5) is 5.69 Å². The Labute approximate surface area is 117 Å². The van der Waals surface area contributed by atoms with Crippen molar-refractivity contribution in [1.82, 2.24) is 4.90 Å². The standard InChI is InChI=1S/C14H17ClN2O2/c1-9(2)14(17-12(18)6-7-13(17)19)16-11-5-3-4-10(15)8-11/h3-5,8-9,14,16H,6-7H2,1-2H3/t14-/m1/s1. The van der Waals surface area contributed by atoms with E-state index in [1.165, 1.54) is 4.90 Å². The summed E-state index contributed by atoms with van der Waals surface area (Å²) in [7, 11) is 0. The molecular formula is C14H17ClN2O2. The monoisotopic (exact) mass is 280 g/mol. The van der Waals surface area contributed by atoms with Gasteiger partial charge in [0.2, 0.25) is 11.8 Å². The maximum absolute atomic E-state index is 11.8. The van der Waals surface area contributed by atoms with E-state index in [1.807, 2.05) is 26.0 Å². The van der Waals surface area contributed by atoms with Gasteiger partial charge in [-0.15, -0.1) is 0 Å². The summed E-state index contributed by atoms with van der Waals surface area (Å²) in [4.78, 5) is 25.0. The number of likely N-dealkylation sites (tertiary alicyclic amines) is 1. The molecule has 0 bridgehead atoms. The number of nitrogens with zero attached hydrogens (tertiary/aromatic N) is 1. The lowest BCUT2D eigenvalue weighted by molar-refractivity contribution is -0.141. The van der Waals surface area contributed by atoms with Crippen molar-refractivity contribution < 1.29 is 9.59 Å². The number of benzene rings is 1. The zero-order chi connectivity index (χ0) is 14.0. The van der Waals surface area contributed by atoms with Crippen LogP contribution in [0.25, 0.3) is 0 Å². The largest absolute Gasteiger partial charge is 0.364 e. The molecule has 1 aliphatic heterocycles. The van der Waals surface area contributed by atoms with Crippen molar-refractivity contribution in [2.45, 2.75) is 32.9 Å². The lowest BCUT2D eigenvalue weighted by Crippen LogP contribution is -2.47. The van der Waals surface area contributed by atoms with E-state index in [2.05, 4.69) is 5.32 Å². The van der Waals surface area contributed by atoms with Crippen LogP contribution in [0.3, 0.4) is 0 Å². The molecule has 1 atom stereocenters. The summed E-state index contributed by atoms with van der Waals surface area (Å²) in [6, 6.07) is 7.26. The van der Waals surface area contributed by atoms with Crippen molar-refractivity contribution in [3.8, 4) is 0 Å². The molecule has 1 aromatic carbocycles. The van der Waals surface area contributed by atoms with Gasteiger partial charge >= 0.3 is 0 Å². The third-order valence-electron chi connectivity index (χ3n) is 3.14. The van der Waals surface area contributed by atoms with Crippen LogP contribution in [-0.2, 0) is 9.59 Å². The second-order valence-corrected chi connectivity index (χ2v) is 5.44. The highest BCUT2D eigenvalue weighted by Crippen LogP contribution is 2.23. The Morgan fingerprint density at radius 3 is 2.37 bits per heavy atom. The molecule has 0 saturated carbocycles. The van der Waals surface area contributed by atoms with Gasteiger partial charge in [-0.3, -0.25) is 14.5 Å². The van der Waals surface area contributed by atoms with Crippen molar-refractivity contribution in [3.63, 3.8) is 0 Å². The second-order valence-electron chi connectivity index (χ2n) is 5.00. The number of imide groups is 1. The number of nitrogens with one attached hydrogen (secondary N) is 1. The van der Waals surface area contributed by atoms with Crippen molar-refractivity contribution in [1.29, 1.82) is 0 Å². The zero-order valence-electron chi connectivity index (χ0n) is 11.0. The Balaban J connectivity index is 2.21. The predicted octanol–water partition coefficient (Wildman–Crippen LogP) is 2.88. The number of carbonyl (C=O) groups excluding carboxylic acids is 2. The molecule has 2 amide bonds. The fraction of sp³-hybridized carbons (Fsp3) is 0.429. The zero-order valence-corrected chi connectivity index (χ0v) is 11.8. The molecule has 1 saturated heterocycles. The Hall–Kier alpha value is -1.55. The number of amides is 2. The van der Waals surface area contributed by atoms with E-state index < -0.39 is 0 Å². The highest BCUT2D eigenvalue weighted by Gasteiger charge is 2.36. The van der Waals surface area contributed by atoms with E-state index in [0.29, 0.717) is 17.9 Å². The first-order valence-electron chi connectivity index (χ1n) is 6.36. The first-order chi connectivity index (χ1) is 8.99. The van der Waals surface area contributed by atoms with E-state index in [4.69, 9.17) is 11.6 Å². The number of halogens is 1. The lowest BCUT2D eigenvalue weighted by Gasteiger charge is -2.31. The van der Waals surface area contributed by atoms with E-state index in [1.54, 1.807) is 12.1 Å². The summed E-state index contributed by atoms with van der Waals surface area (Å²) in [5.74, 6) is -0.110. The van der Waals surface area contributed by atoms with Gasteiger partial charge in [-0.1, -0.05) is 31.5 Å². The van der Waals surface area contributed by atoms with Crippen molar-refractivity contribution >= 4 is 29.1 Å². The van der Waals surface area contributed by atoms with Crippen LogP contribution in [0.15, 0.2) is 24.3 Å². The fourth-order valence-electron chi connectivity index (χ4n) is 2.18. The quantitative estimate of drug-likeness (QED) is 0.863. The normalized spacial score (nSPS) is 17.2. The van der Waals surface area contributed by atoms with Crippen molar-refractivity contribution in [3.05, 3.63) is 29.3 Å². The van der Waals surface area contributed by atoms with E-state index in [9.17, 15) is 9.59 Å². The van der Waals surface area contributed by atoms with Crippen LogP contribution in [-0.4, -0.2) is 22.9 Å². The first kappa shape index (κ1) is 13.9. The third-order valence-corrected chi connectivity index (χ3v) is 3.37. The molecule has 0 aromatic heterocycles. The SMILES string of the molecule is CC(C)[C@H](Nc1cccc(Cl)c1)N1C(=O)CCC1=O. The maximum atomic E-state index is 11.8. The number of carbonyl (C=O) groups is 2. The van der Waals surface area contributed by atoms with Crippen LogP contribution in [0.1, 0.15) is 26.7 Å². The Morgan fingerprint density at radius 2 is 1.84 bits per heavy atom. The van der Waals surface area contributed by atoms with Crippen LogP contribution in [0, 0.1) is 5.92 Å². The first-order valence-corrected chi connectivity index (χ1v) is 6.74. The van der Waals surface area contributed by atoms with Gasteiger partial charge in [-0.2, -0.15) is 0 Å². The summed E-state index contributed by atoms with van der Waals surface area (Å²) in [5.41, 5.74) is 0.804. The smallest absolute Gasteiger partial charge is 0.231 e. The Kier molecular flexibility index (Phi) is 4.10. The maximum Gasteiger partial charge on any atom is 0.231 e. The summed E-state index contributed by atoms with van der Waals surface area (Å²) < 4.78 is 0. The topological polar surface area (TPSA) is 49.4 Å². The highest BCUT2D eigenvalue weighted by atomic mass is 35.5. The van der Waals surface area contributed by atoms with Gasteiger partial charge in [0.05, 0.1) is 0 Å². The molecule has 5 heteroatoms. The molecule has 0 unspecified atom stereocenters. The molecule has 102 valence electrons. The van der Waals surface area contributed by atoms with Gasteiger partial charge in [-0.25, -0.2) is 0 Å². The van der Waals surface area contributed by atoms with Gasteiger partial charge in [0.25, 0.3) is 0 Å². The second kappa shape index (κ2) is 5.61. The van der Waals surface area contributed by atoms with Crippen molar-refractivity contribution in [2.75, 3.05) is 5.32 Å². The summed E-state index contributed by atoms with van der Waals surface area (Å²) in [6.07, 6.45) is 0.277.